The van der Waals surface area contributed by atoms with Gasteiger partial charge in [0.1, 0.15) is 11.0 Å². The Kier molecular flexibility index (Phi) is 6.81. The average molecular weight is 569 g/mol. The normalized spacial score (nSPS) is 16.5. The summed E-state index contributed by atoms with van der Waals surface area (Å²) in [5.74, 6) is 0.542. The fraction of sp³-hybridized carbons (Fsp3) is 0.391. The van der Waals surface area contributed by atoms with Crippen molar-refractivity contribution >= 4 is 62.1 Å². The highest BCUT2D eigenvalue weighted by molar-refractivity contribution is 9.10. The van der Waals surface area contributed by atoms with Crippen LogP contribution in [0.2, 0.25) is 10.2 Å². The lowest BCUT2D eigenvalue weighted by molar-refractivity contribution is 0.136. The Balaban J connectivity index is 2.01. The highest BCUT2D eigenvalue weighted by Gasteiger charge is 2.30. The molecule has 2 aromatic heterocycles. The van der Waals surface area contributed by atoms with Crippen molar-refractivity contribution in [3.63, 3.8) is 0 Å². The van der Waals surface area contributed by atoms with Gasteiger partial charge >= 0.3 is 11.8 Å². The number of benzene rings is 1. The van der Waals surface area contributed by atoms with Crippen molar-refractivity contribution in [2.75, 3.05) is 24.5 Å². The first-order chi connectivity index (χ1) is 16.0. The fourth-order valence-electron chi connectivity index (χ4n) is 4.46. The van der Waals surface area contributed by atoms with Crippen LogP contribution < -0.4 is 10.6 Å². The van der Waals surface area contributed by atoms with Gasteiger partial charge in [-0.25, -0.2) is 19.1 Å². The first-order valence-corrected chi connectivity index (χ1v) is 12.4. The van der Waals surface area contributed by atoms with Gasteiger partial charge in [0.25, 0.3) is 0 Å². The monoisotopic (exact) mass is 567 g/mol. The van der Waals surface area contributed by atoms with E-state index in [1.807, 2.05) is 30.9 Å². The molecule has 34 heavy (non-hydrogen) atoms. The summed E-state index contributed by atoms with van der Waals surface area (Å²) in [6, 6.07) is 5.40. The Morgan fingerprint density at radius 3 is 2.53 bits per heavy atom. The number of carboxylic acid groups (broad SMARTS) is 1. The maximum Gasteiger partial charge on any atom is 0.407 e. The number of aryl methyl sites for hydroxylation is 1. The van der Waals surface area contributed by atoms with E-state index in [1.54, 1.807) is 6.07 Å². The predicted octanol–water partition coefficient (Wildman–Crippen LogP) is 5.47. The molecule has 0 saturated carbocycles. The van der Waals surface area contributed by atoms with Gasteiger partial charge in [0, 0.05) is 30.1 Å². The number of halogens is 3. The zero-order valence-electron chi connectivity index (χ0n) is 19.1. The molecule has 180 valence electrons. The molecule has 1 unspecified atom stereocenters. The first-order valence-electron chi connectivity index (χ1n) is 10.8. The van der Waals surface area contributed by atoms with Crippen LogP contribution in [0.5, 0.6) is 0 Å². The number of amides is 1. The second-order valence-electron chi connectivity index (χ2n) is 8.77. The number of nitrogens with zero attached hydrogens (tertiary/aromatic N) is 5. The molecule has 0 spiro atoms. The van der Waals surface area contributed by atoms with Crippen LogP contribution in [0.15, 0.2) is 27.5 Å². The van der Waals surface area contributed by atoms with Crippen molar-refractivity contribution < 1.29 is 9.90 Å². The highest BCUT2D eigenvalue weighted by atomic mass is 79.9. The predicted molar refractivity (Wildman–Crippen MR) is 138 cm³/mol. The average Bonchev–Trinajstić information content (AvgIpc) is 2.75. The molecular formula is C23H24BrCl2N5O3. The van der Waals surface area contributed by atoms with Gasteiger partial charge in [0.05, 0.1) is 16.1 Å². The van der Waals surface area contributed by atoms with E-state index in [0.29, 0.717) is 42.2 Å². The zero-order valence-corrected chi connectivity index (χ0v) is 22.2. The minimum atomic E-state index is -0.969. The molecule has 1 aromatic carbocycles. The first kappa shape index (κ1) is 24.8. The number of hydrogen-bond donors (Lipinski definition) is 1. The molecule has 3 aromatic rings. The Bertz CT molecular complexity index is 1360. The van der Waals surface area contributed by atoms with Crippen molar-refractivity contribution in [1.29, 1.82) is 0 Å². The lowest BCUT2D eigenvalue weighted by Gasteiger charge is -2.39. The Hall–Kier alpha value is -2.36. The van der Waals surface area contributed by atoms with Gasteiger partial charge in [-0.05, 0) is 49.1 Å². The molecule has 1 N–H and O–H groups in total. The van der Waals surface area contributed by atoms with E-state index in [-0.39, 0.29) is 22.1 Å². The second kappa shape index (κ2) is 9.36. The van der Waals surface area contributed by atoms with Gasteiger partial charge in [-0.1, -0.05) is 53.0 Å². The molecule has 0 aliphatic carbocycles. The summed E-state index contributed by atoms with van der Waals surface area (Å²) in [6.45, 7) is 8.91. The number of anilines is 1. The highest BCUT2D eigenvalue weighted by Crippen LogP contribution is 2.35. The third-order valence-electron chi connectivity index (χ3n) is 6.07. The van der Waals surface area contributed by atoms with E-state index in [2.05, 4.69) is 39.7 Å². The summed E-state index contributed by atoms with van der Waals surface area (Å²) in [5.41, 5.74) is 2.41. The Morgan fingerprint density at radius 1 is 1.21 bits per heavy atom. The SMILES string of the molecule is Cc1cc(Br)cc(C(C)C)c1-n1c(=O)nc(N2CCN(C(=O)O)CC2C)c2cc(Cl)c(Cl)nc21. The van der Waals surface area contributed by atoms with Gasteiger partial charge in [-0.15, -0.1) is 0 Å². The van der Waals surface area contributed by atoms with Crippen LogP contribution in [-0.4, -0.2) is 56.3 Å². The van der Waals surface area contributed by atoms with E-state index in [9.17, 15) is 14.7 Å². The zero-order chi connectivity index (χ0) is 24.9. The summed E-state index contributed by atoms with van der Waals surface area (Å²) in [6.07, 6.45) is -0.969. The number of piperazine rings is 1. The van der Waals surface area contributed by atoms with Crippen molar-refractivity contribution in [1.82, 2.24) is 19.4 Å². The molecule has 1 aliphatic heterocycles. The maximum absolute atomic E-state index is 13.6. The summed E-state index contributed by atoms with van der Waals surface area (Å²) >= 11 is 16.2. The molecule has 3 heterocycles. The van der Waals surface area contributed by atoms with Crippen molar-refractivity contribution in [3.05, 3.63) is 54.5 Å². The number of aromatic nitrogens is 3. The third kappa shape index (κ3) is 4.36. The minimum Gasteiger partial charge on any atom is -0.465 e. The molecule has 1 fully saturated rings. The maximum atomic E-state index is 13.6. The minimum absolute atomic E-state index is 0.0871. The van der Waals surface area contributed by atoms with E-state index >= 15 is 0 Å². The van der Waals surface area contributed by atoms with Gasteiger partial charge in [-0.2, -0.15) is 4.98 Å². The fourth-order valence-corrected chi connectivity index (χ4v) is 5.33. The van der Waals surface area contributed by atoms with Crippen LogP contribution in [0.4, 0.5) is 10.6 Å². The molecule has 8 nitrogen and oxygen atoms in total. The summed E-state index contributed by atoms with van der Waals surface area (Å²) in [7, 11) is 0. The number of rotatable bonds is 3. The van der Waals surface area contributed by atoms with Gasteiger partial charge in [0.15, 0.2) is 5.65 Å². The van der Waals surface area contributed by atoms with E-state index in [1.165, 1.54) is 9.47 Å². The van der Waals surface area contributed by atoms with E-state index in [0.717, 1.165) is 15.6 Å². The van der Waals surface area contributed by atoms with Gasteiger partial charge < -0.3 is 14.9 Å². The van der Waals surface area contributed by atoms with Crippen LogP contribution in [0, 0.1) is 6.92 Å². The number of fused-ring (bicyclic) bond motifs is 1. The topological polar surface area (TPSA) is 91.6 Å². The molecule has 1 aliphatic rings. The molecule has 11 heteroatoms. The summed E-state index contributed by atoms with van der Waals surface area (Å²) in [5, 5.41) is 10.3. The molecule has 1 atom stereocenters. The molecular weight excluding hydrogens is 545 g/mol. The lowest BCUT2D eigenvalue weighted by Crippen LogP contribution is -2.54. The van der Waals surface area contributed by atoms with Crippen LogP contribution in [0.3, 0.4) is 0 Å². The van der Waals surface area contributed by atoms with Crippen molar-refractivity contribution in [2.45, 2.75) is 39.7 Å². The number of pyridine rings is 1. The van der Waals surface area contributed by atoms with Crippen LogP contribution in [-0.2, 0) is 0 Å². The van der Waals surface area contributed by atoms with Crippen LogP contribution in [0.1, 0.15) is 37.8 Å². The van der Waals surface area contributed by atoms with Gasteiger partial charge in [-0.3, -0.25) is 0 Å². The van der Waals surface area contributed by atoms with Crippen LogP contribution >= 0.6 is 39.1 Å². The third-order valence-corrected chi connectivity index (χ3v) is 7.20. The van der Waals surface area contributed by atoms with Crippen LogP contribution in [0.25, 0.3) is 16.7 Å². The van der Waals surface area contributed by atoms with Crippen molar-refractivity contribution in [3.8, 4) is 5.69 Å². The largest absolute Gasteiger partial charge is 0.465 e. The number of carbonyl (C=O) groups is 1. The quantitative estimate of drug-likeness (QED) is 0.421. The molecule has 1 amide bonds. The molecule has 0 radical (unpaired) electrons. The smallest absolute Gasteiger partial charge is 0.407 e. The standard InChI is InChI=1S/C23H24BrCl2N5O3/c1-11(2)15-8-14(24)7-12(3)18(15)31-21-16(9-17(25)19(26)27-21)20(28-22(31)32)30-6-5-29(23(33)34)10-13(30)4/h7-9,11,13H,5-6,10H2,1-4H3,(H,33,34). The number of hydrogen-bond acceptors (Lipinski definition) is 5. The summed E-state index contributed by atoms with van der Waals surface area (Å²) < 4.78 is 2.41. The van der Waals surface area contributed by atoms with Crippen molar-refractivity contribution in [2.24, 2.45) is 0 Å². The van der Waals surface area contributed by atoms with E-state index < -0.39 is 11.8 Å². The van der Waals surface area contributed by atoms with Gasteiger partial charge in [0.2, 0.25) is 0 Å². The molecule has 1 saturated heterocycles. The molecule has 4 rings (SSSR count). The summed E-state index contributed by atoms with van der Waals surface area (Å²) in [4.78, 5) is 37.3. The molecule has 0 bridgehead atoms. The lowest BCUT2D eigenvalue weighted by atomic mass is 9.98. The Morgan fingerprint density at radius 2 is 1.91 bits per heavy atom. The Labute approximate surface area is 215 Å². The second-order valence-corrected chi connectivity index (χ2v) is 10.5. The van der Waals surface area contributed by atoms with E-state index in [4.69, 9.17) is 23.2 Å².